The number of aromatic nitrogens is 3. The third-order valence-electron chi connectivity index (χ3n) is 6.13. The van der Waals surface area contributed by atoms with Gasteiger partial charge in [-0.1, -0.05) is 24.3 Å². The molecule has 5 heteroatoms. The van der Waals surface area contributed by atoms with E-state index in [1.807, 2.05) is 29.7 Å². The summed E-state index contributed by atoms with van der Waals surface area (Å²) >= 11 is 0. The number of hydrogen-bond donors (Lipinski definition) is 0. The Balaban J connectivity index is 1.37. The van der Waals surface area contributed by atoms with Crippen molar-refractivity contribution in [2.75, 3.05) is 0 Å². The van der Waals surface area contributed by atoms with Crippen LogP contribution in [0.1, 0.15) is 58.9 Å². The summed E-state index contributed by atoms with van der Waals surface area (Å²) in [6.07, 6.45) is 6.29. The molecule has 138 valence electrons. The molecular formula is C22H24N4O. The summed E-state index contributed by atoms with van der Waals surface area (Å²) in [7, 11) is 0. The predicted octanol–water partition coefficient (Wildman–Crippen LogP) is 3.90. The van der Waals surface area contributed by atoms with E-state index in [4.69, 9.17) is 0 Å². The maximum Gasteiger partial charge on any atom is 0.255 e. The molecule has 2 saturated carbocycles. The standard InChI is InChI=1S/C22H24N4O/c1-14-5-3-4-6-20(14)17-11-19(12-17)26(18-8-9-18)22(27)16-7-10-21-24-23-15(2)25(21)13-16/h3-7,10,13,17-19H,8-9,11-12H2,1-2H3. The van der Waals surface area contributed by atoms with Crippen LogP contribution in [0.2, 0.25) is 0 Å². The van der Waals surface area contributed by atoms with Gasteiger partial charge in [-0.3, -0.25) is 9.20 Å². The van der Waals surface area contributed by atoms with E-state index in [0.29, 0.717) is 18.0 Å². The van der Waals surface area contributed by atoms with Crippen molar-refractivity contribution in [3.05, 3.63) is 65.1 Å². The molecule has 5 rings (SSSR count). The van der Waals surface area contributed by atoms with E-state index in [1.165, 1.54) is 11.1 Å². The van der Waals surface area contributed by atoms with Crippen LogP contribution in [0.25, 0.3) is 5.65 Å². The minimum Gasteiger partial charge on any atom is -0.333 e. The van der Waals surface area contributed by atoms with Crippen LogP contribution in [0, 0.1) is 13.8 Å². The minimum atomic E-state index is 0.153. The summed E-state index contributed by atoms with van der Waals surface area (Å²) in [6, 6.07) is 13.2. The molecule has 0 saturated heterocycles. The lowest BCUT2D eigenvalue weighted by atomic mass is 9.73. The molecule has 2 heterocycles. The van der Waals surface area contributed by atoms with Crippen molar-refractivity contribution in [1.29, 1.82) is 0 Å². The zero-order valence-electron chi connectivity index (χ0n) is 15.8. The predicted molar refractivity (Wildman–Crippen MR) is 104 cm³/mol. The molecule has 0 N–H and O–H groups in total. The van der Waals surface area contributed by atoms with Crippen LogP contribution in [0.3, 0.4) is 0 Å². The second kappa shape index (κ2) is 6.19. The average Bonchev–Trinajstić information content (AvgIpc) is 3.41. The van der Waals surface area contributed by atoms with Crippen molar-refractivity contribution in [2.45, 2.75) is 57.5 Å². The van der Waals surface area contributed by atoms with Crippen LogP contribution in [-0.4, -0.2) is 37.5 Å². The van der Waals surface area contributed by atoms with Gasteiger partial charge in [0.1, 0.15) is 5.82 Å². The van der Waals surface area contributed by atoms with Crippen LogP contribution in [0.4, 0.5) is 0 Å². The molecule has 2 aromatic heterocycles. The molecule has 2 fully saturated rings. The third-order valence-corrected chi connectivity index (χ3v) is 6.13. The molecule has 2 aliphatic carbocycles. The average molecular weight is 360 g/mol. The van der Waals surface area contributed by atoms with Gasteiger partial charge in [0.2, 0.25) is 0 Å². The Kier molecular flexibility index (Phi) is 3.78. The first-order valence-electron chi connectivity index (χ1n) is 9.81. The fourth-order valence-corrected chi connectivity index (χ4v) is 4.38. The molecule has 0 atom stereocenters. The van der Waals surface area contributed by atoms with E-state index in [-0.39, 0.29) is 5.91 Å². The highest BCUT2D eigenvalue weighted by atomic mass is 16.2. The number of rotatable bonds is 4. The molecule has 27 heavy (non-hydrogen) atoms. The highest BCUT2D eigenvalue weighted by Gasteiger charge is 2.44. The van der Waals surface area contributed by atoms with Crippen molar-refractivity contribution >= 4 is 11.6 Å². The van der Waals surface area contributed by atoms with Gasteiger partial charge in [-0.25, -0.2) is 0 Å². The Morgan fingerprint density at radius 3 is 2.56 bits per heavy atom. The van der Waals surface area contributed by atoms with E-state index in [0.717, 1.165) is 42.7 Å². The SMILES string of the molecule is Cc1ccccc1C1CC(N(C(=O)c2ccc3nnc(C)n3c2)C2CC2)C1. The van der Waals surface area contributed by atoms with Crippen molar-refractivity contribution < 1.29 is 4.79 Å². The van der Waals surface area contributed by atoms with Crippen LogP contribution >= 0.6 is 0 Å². The van der Waals surface area contributed by atoms with E-state index in [9.17, 15) is 4.79 Å². The third kappa shape index (κ3) is 2.82. The normalized spacial score (nSPS) is 21.9. The van der Waals surface area contributed by atoms with Gasteiger partial charge < -0.3 is 4.90 Å². The van der Waals surface area contributed by atoms with Gasteiger partial charge in [0.05, 0.1) is 5.56 Å². The number of benzene rings is 1. The summed E-state index contributed by atoms with van der Waals surface area (Å²) in [6.45, 7) is 4.09. The molecule has 0 radical (unpaired) electrons. The van der Waals surface area contributed by atoms with E-state index >= 15 is 0 Å². The Morgan fingerprint density at radius 2 is 1.81 bits per heavy atom. The van der Waals surface area contributed by atoms with Crippen LogP contribution in [0.5, 0.6) is 0 Å². The quantitative estimate of drug-likeness (QED) is 0.709. The first-order chi connectivity index (χ1) is 13.1. The molecule has 0 aliphatic heterocycles. The van der Waals surface area contributed by atoms with Crippen molar-refractivity contribution in [1.82, 2.24) is 19.5 Å². The lowest BCUT2D eigenvalue weighted by molar-refractivity contribution is 0.0516. The molecule has 2 aliphatic rings. The maximum absolute atomic E-state index is 13.3. The number of pyridine rings is 1. The number of carbonyl (C=O) groups excluding carboxylic acids is 1. The monoisotopic (exact) mass is 360 g/mol. The molecule has 5 nitrogen and oxygen atoms in total. The summed E-state index contributed by atoms with van der Waals surface area (Å²) in [5, 5.41) is 8.20. The first kappa shape index (κ1) is 16.5. The molecule has 3 aromatic rings. The number of aryl methyl sites for hydroxylation is 2. The largest absolute Gasteiger partial charge is 0.333 e. The molecular weight excluding hydrogens is 336 g/mol. The zero-order valence-corrected chi connectivity index (χ0v) is 15.8. The minimum absolute atomic E-state index is 0.153. The van der Waals surface area contributed by atoms with Gasteiger partial charge in [0, 0.05) is 18.3 Å². The summed E-state index contributed by atoms with van der Waals surface area (Å²) in [4.78, 5) is 15.5. The van der Waals surface area contributed by atoms with Crippen molar-refractivity contribution in [3.63, 3.8) is 0 Å². The van der Waals surface area contributed by atoms with E-state index in [1.54, 1.807) is 0 Å². The second-order valence-electron chi connectivity index (χ2n) is 8.02. The molecule has 1 amide bonds. The Hall–Kier alpha value is -2.69. The lowest BCUT2D eigenvalue weighted by Crippen LogP contribution is -2.48. The van der Waals surface area contributed by atoms with Crippen LogP contribution < -0.4 is 0 Å². The Labute approximate surface area is 159 Å². The zero-order chi connectivity index (χ0) is 18.5. The summed E-state index contributed by atoms with van der Waals surface area (Å²) in [5.74, 6) is 1.54. The Bertz CT molecular complexity index is 1010. The fourth-order valence-electron chi connectivity index (χ4n) is 4.38. The van der Waals surface area contributed by atoms with E-state index < -0.39 is 0 Å². The number of carbonyl (C=O) groups is 1. The van der Waals surface area contributed by atoms with Gasteiger partial charge in [0.15, 0.2) is 5.65 Å². The molecule has 1 aromatic carbocycles. The topological polar surface area (TPSA) is 50.5 Å². The number of nitrogens with zero attached hydrogens (tertiary/aromatic N) is 4. The number of amides is 1. The fraction of sp³-hybridized carbons (Fsp3) is 0.409. The summed E-state index contributed by atoms with van der Waals surface area (Å²) < 4.78 is 1.90. The highest BCUT2D eigenvalue weighted by molar-refractivity contribution is 5.95. The summed E-state index contributed by atoms with van der Waals surface area (Å²) in [5.41, 5.74) is 4.32. The molecule has 0 unspecified atom stereocenters. The first-order valence-corrected chi connectivity index (χ1v) is 9.81. The van der Waals surface area contributed by atoms with Gasteiger partial charge in [-0.05, 0) is 68.7 Å². The Morgan fingerprint density at radius 1 is 1.04 bits per heavy atom. The number of fused-ring (bicyclic) bond motifs is 1. The van der Waals surface area contributed by atoms with Crippen LogP contribution in [-0.2, 0) is 0 Å². The smallest absolute Gasteiger partial charge is 0.255 e. The van der Waals surface area contributed by atoms with Gasteiger partial charge in [0.25, 0.3) is 5.91 Å². The van der Waals surface area contributed by atoms with Gasteiger partial charge >= 0.3 is 0 Å². The lowest BCUT2D eigenvalue weighted by Gasteiger charge is -2.44. The van der Waals surface area contributed by atoms with Crippen LogP contribution in [0.15, 0.2) is 42.6 Å². The maximum atomic E-state index is 13.3. The second-order valence-corrected chi connectivity index (χ2v) is 8.02. The van der Waals surface area contributed by atoms with Crippen molar-refractivity contribution in [3.8, 4) is 0 Å². The van der Waals surface area contributed by atoms with E-state index in [2.05, 4.69) is 46.3 Å². The number of hydrogen-bond acceptors (Lipinski definition) is 3. The highest BCUT2D eigenvalue weighted by Crippen LogP contribution is 2.44. The molecule has 0 bridgehead atoms. The van der Waals surface area contributed by atoms with Gasteiger partial charge in [-0.15, -0.1) is 10.2 Å². The molecule has 0 spiro atoms. The van der Waals surface area contributed by atoms with Gasteiger partial charge in [-0.2, -0.15) is 0 Å². The van der Waals surface area contributed by atoms with Crippen molar-refractivity contribution in [2.24, 2.45) is 0 Å².